The number of para-hydroxylation sites is 2. The van der Waals surface area contributed by atoms with Gasteiger partial charge in [0.25, 0.3) is 0 Å². The number of ether oxygens (including phenoxy) is 1. The van der Waals surface area contributed by atoms with Gasteiger partial charge < -0.3 is 15.0 Å². The molecule has 1 amide bonds. The topological polar surface area (TPSA) is 72.3 Å². The van der Waals surface area contributed by atoms with Gasteiger partial charge in [0.15, 0.2) is 5.16 Å². The fourth-order valence-electron chi connectivity index (χ4n) is 3.35. The van der Waals surface area contributed by atoms with Crippen LogP contribution in [0, 0.1) is 0 Å². The summed E-state index contributed by atoms with van der Waals surface area (Å²) in [5.41, 5.74) is 0.604. The molecule has 2 heterocycles. The van der Waals surface area contributed by atoms with Crippen molar-refractivity contribution in [1.82, 2.24) is 20.1 Å². The minimum absolute atomic E-state index is 0.0170. The molecule has 8 heteroatoms. The maximum atomic E-state index is 12.6. The molecule has 1 aromatic carbocycles. The number of thioether (sulfide) groups is 1. The number of piperidine rings is 1. The van der Waals surface area contributed by atoms with Crippen molar-refractivity contribution in [3.63, 3.8) is 0 Å². The van der Waals surface area contributed by atoms with E-state index >= 15 is 0 Å². The standard InChI is InChI=1S/C21H31N5O2S/c1-15(18(27)22-21(2,3)4)29-20-24-23-19(25-13-9-6-10-14-25)26(20)16-11-7-8-12-17(16)28-5/h7-8,11-12,15H,6,9-10,13-14H2,1-5H3,(H,22,27). The van der Waals surface area contributed by atoms with Gasteiger partial charge in [0.2, 0.25) is 11.9 Å². The van der Waals surface area contributed by atoms with Crippen LogP contribution in [0.25, 0.3) is 5.69 Å². The summed E-state index contributed by atoms with van der Waals surface area (Å²) in [6.45, 7) is 9.75. The van der Waals surface area contributed by atoms with Gasteiger partial charge >= 0.3 is 0 Å². The lowest BCUT2D eigenvalue weighted by molar-refractivity contribution is -0.121. The third kappa shape index (κ3) is 5.23. The molecule has 1 fully saturated rings. The predicted molar refractivity (Wildman–Crippen MR) is 117 cm³/mol. The first-order valence-electron chi connectivity index (χ1n) is 10.1. The number of amides is 1. The second-order valence-corrected chi connectivity index (χ2v) is 9.64. The number of carbonyl (C=O) groups is 1. The summed E-state index contributed by atoms with van der Waals surface area (Å²) in [6, 6.07) is 7.85. The van der Waals surface area contributed by atoms with Gasteiger partial charge in [-0.2, -0.15) is 0 Å². The zero-order valence-corrected chi connectivity index (χ0v) is 18.8. The molecule has 3 rings (SSSR count). The van der Waals surface area contributed by atoms with Crippen molar-refractivity contribution in [2.45, 2.75) is 62.9 Å². The van der Waals surface area contributed by atoms with Crippen molar-refractivity contribution >= 4 is 23.6 Å². The summed E-state index contributed by atoms with van der Waals surface area (Å²) in [7, 11) is 1.66. The minimum atomic E-state index is -0.305. The molecule has 0 saturated carbocycles. The molecule has 1 aliphatic rings. The average Bonchev–Trinajstić information content (AvgIpc) is 3.10. The fourth-order valence-corrected chi connectivity index (χ4v) is 4.20. The predicted octanol–water partition coefficient (Wildman–Crippen LogP) is 3.66. The van der Waals surface area contributed by atoms with Crippen LogP contribution in [0.1, 0.15) is 47.0 Å². The molecule has 2 aromatic rings. The van der Waals surface area contributed by atoms with Crippen molar-refractivity contribution in [1.29, 1.82) is 0 Å². The Hall–Kier alpha value is -2.22. The number of methoxy groups -OCH3 is 1. The maximum absolute atomic E-state index is 12.6. The Balaban J connectivity index is 1.97. The van der Waals surface area contributed by atoms with E-state index in [-0.39, 0.29) is 16.7 Å². The number of aromatic nitrogens is 3. The Labute approximate surface area is 177 Å². The van der Waals surface area contributed by atoms with E-state index in [0.29, 0.717) is 5.16 Å². The molecule has 29 heavy (non-hydrogen) atoms. The van der Waals surface area contributed by atoms with Gasteiger partial charge in [-0.1, -0.05) is 23.9 Å². The number of carbonyl (C=O) groups excluding carboxylic acids is 1. The molecule has 1 aromatic heterocycles. The highest BCUT2D eigenvalue weighted by atomic mass is 32.2. The largest absolute Gasteiger partial charge is 0.495 e. The molecule has 0 radical (unpaired) electrons. The van der Waals surface area contributed by atoms with Crippen LogP contribution in [0.3, 0.4) is 0 Å². The zero-order chi connectivity index (χ0) is 21.0. The molecule has 7 nitrogen and oxygen atoms in total. The Bertz CT molecular complexity index is 840. The van der Waals surface area contributed by atoms with Crippen molar-refractivity contribution in [3.8, 4) is 11.4 Å². The highest BCUT2D eigenvalue weighted by Gasteiger charge is 2.27. The highest BCUT2D eigenvalue weighted by Crippen LogP contribution is 2.34. The first-order chi connectivity index (χ1) is 13.8. The van der Waals surface area contributed by atoms with Gasteiger partial charge in [0.1, 0.15) is 5.75 Å². The summed E-state index contributed by atoms with van der Waals surface area (Å²) in [4.78, 5) is 14.9. The minimum Gasteiger partial charge on any atom is -0.495 e. The Kier molecular flexibility index (Phi) is 6.72. The smallest absolute Gasteiger partial charge is 0.233 e. The van der Waals surface area contributed by atoms with Gasteiger partial charge in [-0.05, 0) is 59.1 Å². The van der Waals surface area contributed by atoms with Gasteiger partial charge in [0.05, 0.1) is 18.0 Å². The van der Waals surface area contributed by atoms with Crippen LogP contribution >= 0.6 is 11.8 Å². The molecule has 0 spiro atoms. The number of rotatable bonds is 6. The van der Waals surface area contributed by atoms with Gasteiger partial charge in [-0.15, -0.1) is 10.2 Å². The van der Waals surface area contributed by atoms with Gasteiger partial charge in [-0.25, -0.2) is 0 Å². The van der Waals surface area contributed by atoms with Crippen LogP contribution < -0.4 is 15.0 Å². The second kappa shape index (κ2) is 9.07. The first-order valence-corrected chi connectivity index (χ1v) is 11.0. The summed E-state index contributed by atoms with van der Waals surface area (Å²) in [5, 5.41) is 12.4. The molecule has 1 N–H and O–H groups in total. The van der Waals surface area contributed by atoms with Crippen LogP contribution in [0.5, 0.6) is 5.75 Å². The monoisotopic (exact) mass is 417 g/mol. The van der Waals surface area contributed by atoms with Crippen LogP contribution in [0.4, 0.5) is 5.95 Å². The molecule has 0 bridgehead atoms. The van der Waals surface area contributed by atoms with Crippen LogP contribution in [-0.2, 0) is 4.79 Å². The van der Waals surface area contributed by atoms with Gasteiger partial charge in [-0.3, -0.25) is 9.36 Å². The quantitative estimate of drug-likeness (QED) is 0.723. The van der Waals surface area contributed by atoms with E-state index in [1.807, 2.05) is 56.5 Å². The zero-order valence-electron chi connectivity index (χ0n) is 17.9. The third-order valence-corrected chi connectivity index (χ3v) is 5.77. The SMILES string of the molecule is COc1ccccc1-n1c(SC(C)C(=O)NC(C)(C)C)nnc1N1CCCCC1. The number of anilines is 1. The van der Waals surface area contributed by atoms with Crippen molar-refractivity contribution in [3.05, 3.63) is 24.3 Å². The number of hydrogen-bond acceptors (Lipinski definition) is 6. The number of nitrogens with zero attached hydrogens (tertiary/aromatic N) is 4. The second-order valence-electron chi connectivity index (χ2n) is 8.34. The van der Waals surface area contributed by atoms with Crippen LogP contribution in [-0.4, -0.2) is 51.7 Å². The van der Waals surface area contributed by atoms with E-state index in [1.165, 1.54) is 18.2 Å². The fraction of sp³-hybridized carbons (Fsp3) is 0.571. The molecule has 0 aliphatic carbocycles. The lowest BCUT2D eigenvalue weighted by atomic mass is 10.1. The van der Waals surface area contributed by atoms with Crippen LogP contribution in [0.15, 0.2) is 29.4 Å². The molecular formula is C21H31N5O2S. The van der Waals surface area contributed by atoms with E-state index in [4.69, 9.17) is 4.74 Å². The summed E-state index contributed by atoms with van der Waals surface area (Å²) < 4.78 is 7.62. The molecule has 158 valence electrons. The van der Waals surface area contributed by atoms with E-state index < -0.39 is 0 Å². The molecule has 1 aliphatic heterocycles. The summed E-state index contributed by atoms with van der Waals surface area (Å²) in [6.07, 6.45) is 3.53. The van der Waals surface area contributed by atoms with E-state index in [1.54, 1.807) is 7.11 Å². The molecular weight excluding hydrogens is 386 g/mol. The molecule has 1 saturated heterocycles. The first kappa shape index (κ1) is 21.5. The highest BCUT2D eigenvalue weighted by molar-refractivity contribution is 8.00. The number of nitrogens with one attached hydrogen (secondary N) is 1. The Morgan fingerprint density at radius 1 is 1.17 bits per heavy atom. The van der Waals surface area contributed by atoms with Crippen LogP contribution in [0.2, 0.25) is 0 Å². The lowest BCUT2D eigenvalue weighted by Gasteiger charge is -2.28. The Morgan fingerprint density at radius 2 is 1.86 bits per heavy atom. The lowest BCUT2D eigenvalue weighted by Crippen LogP contribution is -2.44. The molecule has 1 unspecified atom stereocenters. The summed E-state index contributed by atoms with van der Waals surface area (Å²) >= 11 is 1.41. The third-order valence-electron chi connectivity index (χ3n) is 4.73. The van der Waals surface area contributed by atoms with Gasteiger partial charge in [0, 0.05) is 18.6 Å². The van der Waals surface area contributed by atoms with Crippen molar-refractivity contribution in [2.24, 2.45) is 0 Å². The normalized spacial score (nSPS) is 15.8. The maximum Gasteiger partial charge on any atom is 0.233 e. The van der Waals surface area contributed by atoms with E-state index in [2.05, 4.69) is 20.4 Å². The average molecular weight is 418 g/mol. The Morgan fingerprint density at radius 3 is 2.52 bits per heavy atom. The van der Waals surface area contributed by atoms with Crippen molar-refractivity contribution in [2.75, 3.05) is 25.1 Å². The van der Waals surface area contributed by atoms with Crippen molar-refractivity contribution < 1.29 is 9.53 Å². The number of hydrogen-bond donors (Lipinski definition) is 1. The summed E-state index contributed by atoms with van der Waals surface area (Å²) in [5.74, 6) is 1.54. The van der Waals surface area contributed by atoms with E-state index in [9.17, 15) is 4.79 Å². The molecule has 1 atom stereocenters. The van der Waals surface area contributed by atoms with E-state index in [0.717, 1.165) is 43.3 Å². The number of benzene rings is 1.